The molecule has 3 heterocycles. The number of carbonyl (C=O) groups excluding carboxylic acids is 1. The predicted molar refractivity (Wildman–Crippen MR) is 149 cm³/mol. The fraction of sp³-hybridized carbons (Fsp3) is 0.414. The van der Waals surface area contributed by atoms with E-state index in [1.54, 1.807) is 35.2 Å². The van der Waals surface area contributed by atoms with Gasteiger partial charge in [0, 0.05) is 25.3 Å². The van der Waals surface area contributed by atoms with Crippen LogP contribution in [-0.4, -0.2) is 70.6 Å². The number of fused-ring (bicyclic) bond motifs is 1. The number of benzene rings is 2. The second kappa shape index (κ2) is 12.1. The zero-order chi connectivity index (χ0) is 30.0. The molecule has 5 rings (SSSR count). The molecule has 0 radical (unpaired) electrons. The third-order valence-electron chi connectivity index (χ3n) is 7.52. The van der Waals surface area contributed by atoms with Crippen molar-refractivity contribution < 1.29 is 32.5 Å². The van der Waals surface area contributed by atoms with E-state index in [9.17, 15) is 23.1 Å². The minimum absolute atomic E-state index is 0.0170. The van der Waals surface area contributed by atoms with E-state index in [0.717, 1.165) is 25.9 Å². The first-order chi connectivity index (χ1) is 20.1. The number of halogens is 3. The molecule has 42 heavy (non-hydrogen) atoms. The van der Waals surface area contributed by atoms with Gasteiger partial charge in [-0.3, -0.25) is 10.1 Å². The number of piperidine rings is 1. The predicted octanol–water partition coefficient (Wildman–Crippen LogP) is 4.69. The van der Waals surface area contributed by atoms with Gasteiger partial charge >= 0.3 is 6.18 Å². The first-order valence-corrected chi connectivity index (χ1v) is 13.7. The van der Waals surface area contributed by atoms with Crippen molar-refractivity contribution in [1.82, 2.24) is 25.1 Å². The third-order valence-corrected chi connectivity index (χ3v) is 7.52. The normalized spacial score (nSPS) is 16.8. The molecule has 2 aliphatic rings. The summed E-state index contributed by atoms with van der Waals surface area (Å²) in [6, 6.07) is 9.91. The minimum atomic E-state index is -4.80. The molecule has 224 valence electrons. The molecule has 0 saturated carbocycles. The zero-order valence-electron chi connectivity index (χ0n) is 23.5. The van der Waals surface area contributed by atoms with Crippen LogP contribution in [0.15, 0.2) is 42.6 Å². The van der Waals surface area contributed by atoms with Crippen LogP contribution in [0.4, 0.5) is 24.8 Å². The Morgan fingerprint density at radius 3 is 2.62 bits per heavy atom. The van der Waals surface area contributed by atoms with Gasteiger partial charge in [0.15, 0.2) is 0 Å². The van der Waals surface area contributed by atoms with Crippen molar-refractivity contribution >= 4 is 17.5 Å². The fourth-order valence-electron chi connectivity index (χ4n) is 5.13. The maximum absolute atomic E-state index is 13.9. The Hall–Kier alpha value is -3.94. The van der Waals surface area contributed by atoms with E-state index in [-0.39, 0.29) is 29.2 Å². The average molecular weight is 587 g/mol. The molecule has 1 atom stereocenters. The summed E-state index contributed by atoms with van der Waals surface area (Å²) < 4.78 is 52.8. The van der Waals surface area contributed by atoms with E-state index in [4.69, 9.17) is 9.47 Å². The van der Waals surface area contributed by atoms with Crippen LogP contribution in [0.5, 0.6) is 17.4 Å². The van der Waals surface area contributed by atoms with Gasteiger partial charge in [-0.2, -0.15) is 18.2 Å². The summed E-state index contributed by atoms with van der Waals surface area (Å²) in [5.74, 6) is -0.931. The maximum atomic E-state index is 13.9. The minimum Gasteiger partial charge on any atom is -0.495 e. The SMILES string of the molecule is CCN1Cc2cccc(Oc3nc(Nc4ccc(C(O)NC5CCN(C)CC5)cc4OC)ncc3C(F)(F)F)c2C1=O. The molecule has 10 nitrogen and oxygen atoms in total. The molecule has 3 aromatic rings. The number of hydrogen-bond acceptors (Lipinski definition) is 9. The summed E-state index contributed by atoms with van der Waals surface area (Å²) >= 11 is 0. The molecule has 0 spiro atoms. The Morgan fingerprint density at radius 1 is 1.17 bits per heavy atom. The number of aliphatic hydroxyl groups is 1. The molecule has 0 bridgehead atoms. The highest BCUT2D eigenvalue weighted by Crippen LogP contribution is 2.40. The van der Waals surface area contributed by atoms with Crippen LogP contribution in [0.25, 0.3) is 0 Å². The van der Waals surface area contributed by atoms with Gasteiger partial charge in [0.1, 0.15) is 23.3 Å². The van der Waals surface area contributed by atoms with Gasteiger partial charge in [0.05, 0.1) is 18.4 Å². The second-order valence-electron chi connectivity index (χ2n) is 10.4. The fourth-order valence-corrected chi connectivity index (χ4v) is 5.13. The van der Waals surface area contributed by atoms with Crippen molar-refractivity contribution in [3.63, 3.8) is 0 Å². The van der Waals surface area contributed by atoms with Crippen molar-refractivity contribution in [2.24, 2.45) is 0 Å². The highest BCUT2D eigenvalue weighted by Gasteiger charge is 2.38. The van der Waals surface area contributed by atoms with Gasteiger partial charge in [-0.25, -0.2) is 4.98 Å². The van der Waals surface area contributed by atoms with Crippen LogP contribution in [0.1, 0.15) is 53.0 Å². The number of methoxy groups -OCH3 is 1. The van der Waals surface area contributed by atoms with Gasteiger partial charge in [0.2, 0.25) is 11.8 Å². The Bertz CT molecular complexity index is 1450. The topological polar surface area (TPSA) is 112 Å². The highest BCUT2D eigenvalue weighted by molar-refractivity contribution is 6.01. The standard InChI is InChI=1S/C29H33F3N6O4/c1-4-38-16-18-6-5-7-22(24(18)27(38)40)42-26-20(29(30,31)32)15-33-28(36-26)35-21-9-8-17(14-23(21)41-3)25(39)34-19-10-12-37(2)13-11-19/h5-9,14-15,19,25,34,39H,4,10-13,16H2,1-3H3,(H,33,35,36). The first-order valence-electron chi connectivity index (χ1n) is 13.7. The number of aromatic nitrogens is 2. The molecule has 2 aliphatic heterocycles. The van der Waals surface area contributed by atoms with Gasteiger partial charge < -0.3 is 29.7 Å². The maximum Gasteiger partial charge on any atom is 0.423 e. The van der Waals surface area contributed by atoms with Crippen LogP contribution in [-0.2, 0) is 12.7 Å². The molecule has 1 aromatic heterocycles. The molecule has 2 aromatic carbocycles. The highest BCUT2D eigenvalue weighted by atomic mass is 19.4. The molecular formula is C29H33F3N6O4. The summed E-state index contributed by atoms with van der Waals surface area (Å²) in [5, 5.41) is 16.9. The molecule has 13 heteroatoms. The van der Waals surface area contributed by atoms with Crippen LogP contribution >= 0.6 is 0 Å². The number of aliphatic hydroxyl groups excluding tert-OH is 1. The number of alkyl halides is 3. The Morgan fingerprint density at radius 2 is 1.93 bits per heavy atom. The van der Waals surface area contributed by atoms with E-state index in [2.05, 4.69) is 32.5 Å². The van der Waals surface area contributed by atoms with Crippen LogP contribution in [0, 0.1) is 0 Å². The van der Waals surface area contributed by atoms with Gasteiger partial charge in [0.25, 0.3) is 5.91 Å². The third kappa shape index (κ3) is 6.27. The Labute approximate surface area is 241 Å². The summed E-state index contributed by atoms with van der Waals surface area (Å²) in [7, 11) is 3.50. The lowest BCUT2D eigenvalue weighted by atomic mass is 10.0. The van der Waals surface area contributed by atoms with E-state index in [0.29, 0.717) is 41.9 Å². The largest absolute Gasteiger partial charge is 0.495 e. The van der Waals surface area contributed by atoms with Crippen molar-refractivity contribution in [1.29, 1.82) is 0 Å². The Balaban J connectivity index is 1.39. The van der Waals surface area contributed by atoms with Crippen LogP contribution in [0.2, 0.25) is 0 Å². The lowest BCUT2D eigenvalue weighted by Crippen LogP contribution is -2.42. The van der Waals surface area contributed by atoms with Crippen molar-refractivity contribution in [3.8, 4) is 17.4 Å². The number of nitrogens with zero attached hydrogens (tertiary/aromatic N) is 4. The van der Waals surface area contributed by atoms with Gasteiger partial charge in [-0.1, -0.05) is 18.2 Å². The monoisotopic (exact) mass is 586 g/mol. The summed E-state index contributed by atoms with van der Waals surface area (Å²) in [6.45, 7) is 4.50. The number of carbonyl (C=O) groups is 1. The number of likely N-dealkylation sites (tertiary alicyclic amines) is 1. The number of rotatable bonds is 9. The summed E-state index contributed by atoms with van der Waals surface area (Å²) in [6.07, 6.45) is -3.28. The lowest BCUT2D eigenvalue weighted by Gasteiger charge is -2.31. The Kier molecular flexibility index (Phi) is 8.53. The van der Waals surface area contributed by atoms with E-state index in [1.807, 2.05) is 6.92 Å². The summed E-state index contributed by atoms with van der Waals surface area (Å²) in [4.78, 5) is 24.5. The van der Waals surface area contributed by atoms with Gasteiger partial charge in [-0.05, 0) is 69.2 Å². The van der Waals surface area contributed by atoms with E-state index < -0.39 is 23.8 Å². The molecule has 0 aliphatic carbocycles. The van der Waals surface area contributed by atoms with Crippen LogP contribution < -0.4 is 20.1 Å². The number of anilines is 2. The quantitative estimate of drug-likeness (QED) is 0.308. The van der Waals surface area contributed by atoms with Crippen LogP contribution in [0.3, 0.4) is 0 Å². The van der Waals surface area contributed by atoms with Crippen molar-refractivity contribution in [2.75, 3.05) is 39.1 Å². The lowest BCUT2D eigenvalue weighted by molar-refractivity contribution is -0.139. The van der Waals surface area contributed by atoms with E-state index in [1.165, 1.54) is 13.2 Å². The summed E-state index contributed by atoms with van der Waals surface area (Å²) in [5.41, 5.74) is 0.627. The average Bonchev–Trinajstić information content (AvgIpc) is 3.30. The molecule has 1 fully saturated rings. The molecule has 3 N–H and O–H groups in total. The molecule has 1 unspecified atom stereocenters. The molecular weight excluding hydrogens is 553 g/mol. The van der Waals surface area contributed by atoms with Gasteiger partial charge in [-0.15, -0.1) is 0 Å². The number of amides is 1. The van der Waals surface area contributed by atoms with Crippen molar-refractivity contribution in [3.05, 3.63) is 64.8 Å². The van der Waals surface area contributed by atoms with E-state index >= 15 is 0 Å². The first kappa shape index (κ1) is 29.5. The second-order valence-corrected chi connectivity index (χ2v) is 10.4. The number of nitrogens with one attached hydrogen (secondary N) is 2. The number of hydrogen-bond donors (Lipinski definition) is 3. The smallest absolute Gasteiger partial charge is 0.423 e. The number of ether oxygens (including phenoxy) is 2. The molecule has 1 saturated heterocycles. The zero-order valence-corrected chi connectivity index (χ0v) is 23.5. The van der Waals surface area contributed by atoms with Crippen molar-refractivity contribution in [2.45, 2.75) is 44.8 Å². The molecule has 1 amide bonds.